The number of hydrogen-bond donors (Lipinski definition) is 1. The second-order valence-corrected chi connectivity index (χ2v) is 9.07. The molecule has 1 N–H and O–H groups in total. The number of benzene rings is 3. The molecule has 32 heavy (non-hydrogen) atoms. The van der Waals surface area contributed by atoms with Gasteiger partial charge in [-0.15, -0.1) is 0 Å². The Morgan fingerprint density at radius 2 is 1.75 bits per heavy atom. The van der Waals surface area contributed by atoms with Crippen LogP contribution in [0, 0.1) is 11.3 Å². The minimum absolute atomic E-state index is 0.250. The minimum Gasteiger partial charge on any atom is -0.321 e. The summed E-state index contributed by atoms with van der Waals surface area (Å²) >= 11 is 0. The van der Waals surface area contributed by atoms with E-state index in [9.17, 15) is 13.2 Å². The van der Waals surface area contributed by atoms with Crippen molar-refractivity contribution in [3.05, 3.63) is 96.3 Å². The van der Waals surface area contributed by atoms with E-state index in [0.29, 0.717) is 28.2 Å². The lowest BCUT2D eigenvalue weighted by atomic mass is 10.1. The van der Waals surface area contributed by atoms with Gasteiger partial charge >= 0.3 is 0 Å². The van der Waals surface area contributed by atoms with E-state index < -0.39 is 9.84 Å². The highest BCUT2D eigenvalue weighted by molar-refractivity contribution is 7.90. The lowest BCUT2D eigenvalue weighted by molar-refractivity contribution is 0.101. The fourth-order valence-corrected chi connectivity index (χ4v) is 4.26. The summed E-state index contributed by atoms with van der Waals surface area (Å²) in [4.78, 5) is 13.1. The predicted octanol–water partition coefficient (Wildman–Crippen LogP) is 4.07. The molecule has 0 saturated heterocycles. The Labute approximate surface area is 185 Å². The quantitative estimate of drug-likeness (QED) is 0.502. The summed E-state index contributed by atoms with van der Waals surface area (Å²) in [5.41, 5.74) is 3.26. The first kappa shape index (κ1) is 21.0. The number of hydrogen-bond acceptors (Lipinski definition) is 5. The lowest BCUT2D eigenvalue weighted by Gasteiger charge is -2.11. The average molecular weight is 443 g/mol. The van der Waals surface area contributed by atoms with Crippen LogP contribution in [0.5, 0.6) is 0 Å². The van der Waals surface area contributed by atoms with E-state index in [-0.39, 0.29) is 10.8 Å². The fraction of sp³-hybridized carbons (Fsp3) is 0.0417. The first-order valence-corrected chi connectivity index (χ1v) is 11.5. The van der Waals surface area contributed by atoms with E-state index in [4.69, 9.17) is 5.26 Å². The standard InChI is InChI=1S/C24H18N4O3S/c1-32(30,31)23-8-3-2-7-21(23)18-9-11-19(12-10-18)27-24(29)22-13-14-26-28(22)20-6-4-5-17(15-20)16-25/h2-15H,1H3,(H,27,29). The van der Waals surface area contributed by atoms with Gasteiger partial charge in [0.25, 0.3) is 5.91 Å². The van der Waals surface area contributed by atoms with Gasteiger partial charge in [0, 0.05) is 17.5 Å². The maximum Gasteiger partial charge on any atom is 0.274 e. The Morgan fingerprint density at radius 1 is 1.00 bits per heavy atom. The van der Waals surface area contributed by atoms with Gasteiger partial charge in [-0.1, -0.05) is 36.4 Å². The number of rotatable bonds is 5. The predicted molar refractivity (Wildman–Crippen MR) is 121 cm³/mol. The SMILES string of the molecule is CS(=O)(=O)c1ccccc1-c1ccc(NC(=O)c2ccnn2-c2cccc(C#N)c2)cc1. The van der Waals surface area contributed by atoms with Gasteiger partial charge < -0.3 is 5.32 Å². The third-order valence-electron chi connectivity index (χ3n) is 4.84. The molecule has 1 heterocycles. The molecule has 3 aromatic carbocycles. The van der Waals surface area contributed by atoms with Crippen molar-refractivity contribution in [2.45, 2.75) is 4.90 Å². The summed E-state index contributed by atoms with van der Waals surface area (Å²) in [5.74, 6) is -0.367. The highest BCUT2D eigenvalue weighted by atomic mass is 32.2. The molecular formula is C24H18N4O3S. The molecule has 0 bridgehead atoms. The smallest absolute Gasteiger partial charge is 0.274 e. The van der Waals surface area contributed by atoms with Gasteiger partial charge in [-0.2, -0.15) is 10.4 Å². The van der Waals surface area contributed by atoms with Gasteiger partial charge in [-0.05, 0) is 48.0 Å². The van der Waals surface area contributed by atoms with E-state index in [1.54, 1.807) is 78.9 Å². The molecule has 0 aliphatic carbocycles. The van der Waals surface area contributed by atoms with Gasteiger partial charge in [0.2, 0.25) is 0 Å². The third-order valence-corrected chi connectivity index (χ3v) is 5.99. The molecule has 1 aromatic heterocycles. The van der Waals surface area contributed by atoms with Gasteiger partial charge in [0.1, 0.15) is 5.69 Å². The number of aromatic nitrogens is 2. The van der Waals surface area contributed by atoms with Crippen LogP contribution in [0.4, 0.5) is 5.69 Å². The van der Waals surface area contributed by atoms with Crippen LogP contribution in [-0.4, -0.2) is 30.4 Å². The van der Waals surface area contributed by atoms with Crippen LogP contribution in [0.1, 0.15) is 16.1 Å². The van der Waals surface area contributed by atoms with Crippen LogP contribution in [0.25, 0.3) is 16.8 Å². The number of amides is 1. The molecule has 0 atom stereocenters. The molecule has 7 nitrogen and oxygen atoms in total. The summed E-state index contributed by atoms with van der Waals surface area (Å²) in [7, 11) is -3.38. The van der Waals surface area contributed by atoms with Crippen molar-refractivity contribution < 1.29 is 13.2 Å². The van der Waals surface area contributed by atoms with Gasteiger partial charge in [-0.3, -0.25) is 4.79 Å². The Hall–Kier alpha value is -4.22. The molecule has 0 aliphatic heterocycles. The van der Waals surface area contributed by atoms with Crippen molar-refractivity contribution in [1.82, 2.24) is 9.78 Å². The Kier molecular flexibility index (Phi) is 5.58. The number of nitrogens with one attached hydrogen (secondary N) is 1. The van der Waals surface area contributed by atoms with Gasteiger partial charge in [0.05, 0.1) is 28.4 Å². The second-order valence-electron chi connectivity index (χ2n) is 7.09. The largest absolute Gasteiger partial charge is 0.321 e. The van der Waals surface area contributed by atoms with Crippen molar-refractivity contribution >= 4 is 21.4 Å². The Morgan fingerprint density at radius 3 is 2.47 bits per heavy atom. The topological polar surface area (TPSA) is 105 Å². The summed E-state index contributed by atoms with van der Waals surface area (Å²) < 4.78 is 25.6. The lowest BCUT2D eigenvalue weighted by Crippen LogP contribution is -2.17. The molecule has 0 radical (unpaired) electrons. The number of sulfone groups is 1. The number of carbonyl (C=O) groups is 1. The van der Waals surface area contributed by atoms with E-state index >= 15 is 0 Å². The molecule has 4 rings (SSSR count). The third kappa shape index (κ3) is 4.29. The van der Waals surface area contributed by atoms with Crippen LogP contribution in [0.15, 0.2) is 90.0 Å². The molecule has 0 aliphatic rings. The number of anilines is 1. The van der Waals surface area contributed by atoms with Crippen LogP contribution < -0.4 is 5.32 Å². The highest BCUT2D eigenvalue weighted by Gasteiger charge is 2.16. The zero-order chi connectivity index (χ0) is 22.7. The Bertz CT molecular complexity index is 1450. The van der Waals surface area contributed by atoms with E-state index in [1.165, 1.54) is 17.1 Å². The second kappa shape index (κ2) is 8.49. The molecule has 158 valence electrons. The van der Waals surface area contributed by atoms with Crippen molar-refractivity contribution in [1.29, 1.82) is 5.26 Å². The molecule has 0 fully saturated rings. The number of carbonyl (C=O) groups excluding carboxylic acids is 1. The first-order chi connectivity index (χ1) is 15.4. The molecule has 8 heteroatoms. The Balaban J connectivity index is 1.58. The molecule has 0 unspecified atom stereocenters. The normalized spacial score (nSPS) is 11.0. The van der Waals surface area contributed by atoms with Crippen LogP contribution in [0.2, 0.25) is 0 Å². The maximum atomic E-state index is 12.8. The number of nitriles is 1. The molecule has 1 amide bonds. The monoisotopic (exact) mass is 442 g/mol. The van der Waals surface area contributed by atoms with Gasteiger partial charge in [0.15, 0.2) is 9.84 Å². The summed E-state index contributed by atoms with van der Waals surface area (Å²) in [5, 5.41) is 16.1. The molecule has 0 spiro atoms. The summed E-state index contributed by atoms with van der Waals surface area (Å²) in [6.45, 7) is 0. The van der Waals surface area contributed by atoms with Crippen molar-refractivity contribution in [3.8, 4) is 22.9 Å². The molecule has 0 saturated carbocycles. The van der Waals surface area contributed by atoms with Crippen molar-refractivity contribution in [2.75, 3.05) is 11.6 Å². The number of nitrogens with zero attached hydrogens (tertiary/aromatic N) is 3. The van der Waals surface area contributed by atoms with E-state index in [1.807, 2.05) is 0 Å². The van der Waals surface area contributed by atoms with Gasteiger partial charge in [-0.25, -0.2) is 13.1 Å². The van der Waals surface area contributed by atoms with Crippen LogP contribution >= 0.6 is 0 Å². The fourth-order valence-electron chi connectivity index (χ4n) is 3.34. The van der Waals surface area contributed by atoms with Crippen molar-refractivity contribution in [3.63, 3.8) is 0 Å². The zero-order valence-electron chi connectivity index (χ0n) is 17.1. The highest BCUT2D eigenvalue weighted by Crippen LogP contribution is 2.28. The maximum absolute atomic E-state index is 12.8. The van der Waals surface area contributed by atoms with E-state index in [2.05, 4.69) is 16.5 Å². The van der Waals surface area contributed by atoms with E-state index in [0.717, 1.165) is 5.56 Å². The van der Waals surface area contributed by atoms with Crippen LogP contribution in [-0.2, 0) is 9.84 Å². The minimum atomic E-state index is -3.38. The first-order valence-electron chi connectivity index (χ1n) is 9.62. The summed E-state index contributed by atoms with van der Waals surface area (Å²) in [6, 6.07) is 24.2. The van der Waals surface area contributed by atoms with Crippen LogP contribution in [0.3, 0.4) is 0 Å². The zero-order valence-corrected chi connectivity index (χ0v) is 17.9. The molecular weight excluding hydrogens is 424 g/mol. The average Bonchev–Trinajstić information content (AvgIpc) is 3.29. The molecule has 4 aromatic rings. The van der Waals surface area contributed by atoms with Crippen molar-refractivity contribution in [2.24, 2.45) is 0 Å². The summed E-state index contributed by atoms with van der Waals surface area (Å²) in [6.07, 6.45) is 2.69.